The minimum atomic E-state index is -4.57. The van der Waals surface area contributed by atoms with Crippen molar-refractivity contribution in [2.75, 3.05) is 32.1 Å². The van der Waals surface area contributed by atoms with Gasteiger partial charge >= 0.3 is 18.2 Å². The van der Waals surface area contributed by atoms with E-state index in [0.29, 0.717) is 11.4 Å². The van der Waals surface area contributed by atoms with Crippen molar-refractivity contribution in [1.82, 2.24) is 10.6 Å². The molecule has 0 aromatic heterocycles. The van der Waals surface area contributed by atoms with Crippen LogP contribution in [0.15, 0.2) is 24.3 Å². The van der Waals surface area contributed by atoms with E-state index in [1.54, 1.807) is 29.6 Å². The maximum atomic E-state index is 12.0. The highest BCUT2D eigenvalue weighted by atomic mass is 19.4. The third-order valence-electron chi connectivity index (χ3n) is 2.82. The lowest BCUT2D eigenvalue weighted by Gasteiger charge is -2.13. The SMILES string of the molecule is COC(=O)CCOc1ccccc1NCC(=O)NC(=O)NCC(F)(F)F. The summed E-state index contributed by atoms with van der Waals surface area (Å²) in [6, 6.07) is 5.25. The number of urea groups is 1. The largest absolute Gasteiger partial charge is 0.491 e. The third-order valence-corrected chi connectivity index (χ3v) is 2.82. The molecule has 1 aromatic carbocycles. The fraction of sp³-hybridized carbons (Fsp3) is 0.400. The van der Waals surface area contributed by atoms with Gasteiger partial charge in [0.15, 0.2) is 0 Å². The molecular formula is C15H18F3N3O5. The maximum Gasteiger partial charge on any atom is 0.405 e. The van der Waals surface area contributed by atoms with Gasteiger partial charge in [-0.2, -0.15) is 13.2 Å². The van der Waals surface area contributed by atoms with Crippen molar-refractivity contribution in [3.63, 3.8) is 0 Å². The number of carbonyl (C=O) groups is 3. The normalized spacial score (nSPS) is 10.6. The van der Waals surface area contributed by atoms with E-state index < -0.39 is 30.6 Å². The number of esters is 1. The summed E-state index contributed by atoms with van der Waals surface area (Å²) in [7, 11) is 1.25. The summed E-state index contributed by atoms with van der Waals surface area (Å²) in [5.41, 5.74) is 0.406. The smallest absolute Gasteiger partial charge is 0.405 e. The molecule has 3 amide bonds. The maximum absolute atomic E-state index is 12.0. The monoisotopic (exact) mass is 377 g/mol. The second-order valence-electron chi connectivity index (χ2n) is 4.87. The number of imide groups is 1. The molecule has 144 valence electrons. The minimum absolute atomic E-state index is 0.0324. The quantitative estimate of drug-likeness (QED) is 0.592. The van der Waals surface area contributed by atoms with Gasteiger partial charge in [-0.1, -0.05) is 12.1 Å². The van der Waals surface area contributed by atoms with E-state index in [-0.39, 0.29) is 19.6 Å². The zero-order valence-corrected chi connectivity index (χ0v) is 13.8. The summed E-state index contributed by atoms with van der Waals surface area (Å²) in [4.78, 5) is 33.8. The molecule has 1 rings (SSSR count). The second-order valence-corrected chi connectivity index (χ2v) is 4.87. The molecule has 0 saturated carbocycles. The van der Waals surface area contributed by atoms with Crippen molar-refractivity contribution in [2.45, 2.75) is 12.6 Å². The molecule has 0 saturated heterocycles. The predicted molar refractivity (Wildman–Crippen MR) is 84.7 cm³/mol. The first-order valence-electron chi connectivity index (χ1n) is 7.38. The Morgan fingerprint density at radius 3 is 2.50 bits per heavy atom. The average Bonchev–Trinajstić information content (AvgIpc) is 2.58. The molecule has 3 N–H and O–H groups in total. The Balaban J connectivity index is 2.45. The molecule has 0 fully saturated rings. The lowest BCUT2D eigenvalue weighted by atomic mass is 10.3. The zero-order valence-electron chi connectivity index (χ0n) is 13.8. The molecule has 0 atom stereocenters. The number of para-hydroxylation sites is 2. The number of alkyl halides is 3. The Morgan fingerprint density at radius 2 is 1.85 bits per heavy atom. The number of methoxy groups -OCH3 is 1. The highest BCUT2D eigenvalue weighted by Crippen LogP contribution is 2.23. The lowest BCUT2D eigenvalue weighted by Crippen LogP contribution is -2.45. The molecule has 0 aliphatic carbocycles. The van der Waals surface area contributed by atoms with Gasteiger partial charge < -0.3 is 20.1 Å². The van der Waals surface area contributed by atoms with Crippen LogP contribution in [0.1, 0.15) is 6.42 Å². The van der Waals surface area contributed by atoms with Crippen LogP contribution in [-0.2, 0) is 14.3 Å². The van der Waals surface area contributed by atoms with Crippen molar-refractivity contribution >= 4 is 23.6 Å². The van der Waals surface area contributed by atoms with Crippen LogP contribution in [0.3, 0.4) is 0 Å². The van der Waals surface area contributed by atoms with Gasteiger partial charge in [0.25, 0.3) is 0 Å². The van der Waals surface area contributed by atoms with Gasteiger partial charge in [0.05, 0.1) is 32.4 Å². The van der Waals surface area contributed by atoms with Crippen LogP contribution in [0, 0.1) is 0 Å². The number of benzene rings is 1. The van der Waals surface area contributed by atoms with Crippen molar-refractivity contribution in [3.05, 3.63) is 24.3 Å². The molecule has 1 aromatic rings. The molecule has 0 heterocycles. The van der Waals surface area contributed by atoms with E-state index in [1.807, 2.05) is 0 Å². The Morgan fingerprint density at radius 1 is 1.15 bits per heavy atom. The predicted octanol–water partition coefficient (Wildman–Crippen LogP) is 1.43. The van der Waals surface area contributed by atoms with Crippen LogP contribution in [-0.4, -0.2) is 50.9 Å². The number of ether oxygens (including phenoxy) is 2. The summed E-state index contributed by atoms with van der Waals surface area (Å²) in [6.07, 6.45) is -4.54. The number of halogens is 3. The van der Waals surface area contributed by atoms with Crippen molar-refractivity contribution in [3.8, 4) is 5.75 Å². The van der Waals surface area contributed by atoms with E-state index >= 15 is 0 Å². The van der Waals surface area contributed by atoms with Crippen LogP contribution in [0.25, 0.3) is 0 Å². The van der Waals surface area contributed by atoms with Crippen LogP contribution in [0.5, 0.6) is 5.75 Å². The van der Waals surface area contributed by atoms with Crippen molar-refractivity contribution in [2.24, 2.45) is 0 Å². The van der Waals surface area contributed by atoms with Crippen LogP contribution < -0.4 is 20.7 Å². The van der Waals surface area contributed by atoms with Crippen LogP contribution in [0.2, 0.25) is 0 Å². The van der Waals surface area contributed by atoms with E-state index in [2.05, 4.69) is 10.1 Å². The van der Waals surface area contributed by atoms with Gasteiger partial charge in [-0.3, -0.25) is 14.9 Å². The molecule has 11 heteroatoms. The van der Waals surface area contributed by atoms with E-state index in [9.17, 15) is 27.6 Å². The fourth-order valence-electron chi connectivity index (χ4n) is 1.66. The Kier molecular flexibility index (Phi) is 8.19. The molecule has 0 unspecified atom stereocenters. The van der Waals surface area contributed by atoms with Gasteiger partial charge in [0, 0.05) is 0 Å². The van der Waals surface area contributed by atoms with Gasteiger partial charge in [0.1, 0.15) is 12.3 Å². The summed E-state index contributed by atoms with van der Waals surface area (Å²) in [5, 5.41) is 5.96. The summed E-state index contributed by atoms with van der Waals surface area (Å²) in [6.45, 7) is -1.87. The fourth-order valence-corrected chi connectivity index (χ4v) is 1.66. The van der Waals surface area contributed by atoms with Crippen molar-refractivity contribution in [1.29, 1.82) is 0 Å². The molecule has 0 spiro atoms. The Labute approximate surface area is 147 Å². The van der Waals surface area contributed by atoms with Crippen LogP contribution >= 0.6 is 0 Å². The van der Waals surface area contributed by atoms with E-state index in [4.69, 9.17) is 4.74 Å². The van der Waals surface area contributed by atoms with Gasteiger partial charge in [-0.05, 0) is 12.1 Å². The minimum Gasteiger partial charge on any atom is -0.491 e. The van der Waals surface area contributed by atoms with E-state index in [1.165, 1.54) is 12.4 Å². The number of hydrogen-bond donors (Lipinski definition) is 3. The molecule has 0 aliphatic rings. The molecule has 0 radical (unpaired) electrons. The van der Waals surface area contributed by atoms with Gasteiger partial charge in [-0.25, -0.2) is 4.79 Å². The third kappa shape index (κ3) is 8.76. The highest BCUT2D eigenvalue weighted by molar-refractivity contribution is 5.96. The summed E-state index contributed by atoms with van der Waals surface area (Å²) >= 11 is 0. The molecule has 0 bridgehead atoms. The molecular weight excluding hydrogens is 359 g/mol. The standard InChI is InChI=1S/C15H18F3N3O5/c1-25-13(23)6-7-26-11-5-3-2-4-10(11)19-8-12(22)21-14(24)20-9-15(16,17)18/h2-5,19H,6-9H2,1H3,(H2,20,21,22,24). The number of anilines is 1. The van der Waals surface area contributed by atoms with Gasteiger partial charge in [-0.15, -0.1) is 0 Å². The number of carbonyl (C=O) groups excluding carboxylic acids is 3. The van der Waals surface area contributed by atoms with Crippen molar-refractivity contribution < 1.29 is 37.0 Å². The topological polar surface area (TPSA) is 106 Å². The number of rotatable bonds is 8. The summed E-state index contributed by atoms with van der Waals surface area (Å²) < 4.78 is 45.8. The molecule has 0 aliphatic heterocycles. The first kappa shape index (κ1) is 21.1. The molecule has 8 nitrogen and oxygen atoms in total. The zero-order chi connectivity index (χ0) is 19.6. The van der Waals surface area contributed by atoms with Crippen LogP contribution in [0.4, 0.5) is 23.7 Å². The average molecular weight is 377 g/mol. The second kappa shape index (κ2) is 10.1. The van der Waals surface area contributed by atoms with Gasteiger partial charge in [0.2, 0.25) is 5.91 Å². The van der Waals surface area contributed by atoms with E-state index in [0.717, 1.165) is 0 Å². The number of amides is 3. The summed E-state index contributed by atoms with van der Waals surface area (Å²) in [5.74, 6) is -0.931. The lowest BCUT2D eigenvalue weighted by molar-refractivity contribution is -0.141. The first-order chi connectivity index (χ1) is 12.2. The Hall–Kier alpha value is -2.98. The highest BCUT2D eigenvalue weighted by Gasteiger charge is 2.27. The number of hydrogen-bond acceptors (Lipinski definition) is 6. The Bertz CT molecular complexity index is 637. The first-order valence-corrected chi connectivity index (χ1v) is 7.38. The molecule has 26 heavy (non-hydrogen) atoms. The number of nitrogens with one attached hydrogen (secondary N) is 3.